The molecule has 3 heterocycles. The maximum atomic E-state index is 13.5. The number of hydrogen-bond acceptors (Lipinski definition) is 5. The summed E-state index contributed by atoms with van der Waals surface area (Å²) in [5, 5.41) is 4.73. The van der Waals surface area contributed by atoms with Crippen LogP contribution in [0.5, 0.6) is 0 Å². The van der Waals surface area contributed by atoms with E-state index in [0.717, 1.165) is 45.9 Å². The van der Waals surface area contributed by atoms with E-state index in [1.807, 2.05) is 55.2 Å². The SMILES string of the molecule is Cc1cnc(Cn2cc(Cc3cnn(C)c3)c(=O)nc2SCc2ccc(F)cc2)n1Cc1ccc(-c2ccc(C(F)(F)F)cc2)cc1. The minimum absolute atomic E-state index is 0.315. The molecule has 0 saturated heterocycles. The molecule has 0 bridgehead atoms. The van der Waals surface area contributed by atoms with Crippen molar-refractivity contribution < 1.29 is 17.6 Å². The molecule has 6 aromatic rings. The molecule has 0 amide bonds. The van der Waals surface area contributed by atoms with Crippen LogP contribution in [0.4, 0.5) is 17.6 Å². The maximum absolute atomic E-state index is 13.5. The second-order valence-corrected chi connectivity index (χ2v) is 12.2. The standard InChI is InChI=1S/C35H30F4N6OS/c1-23-16-40-32(45(23)19-24-3-7-27(8-4-24)28-9-11-30(12-10-28)35(37,38)39)21-44-20-29(15-26-17-41-43(2)18-26)33(46)42-34(44)47-22-25-5-13-31(36)14-6-25/h3-14,16-18,20H,15,19,21-22H2,1-2H3. The molecule has 0 atom stereocenters. The summed E-state index contributed by atoms with van der Waals surface area (Å²) in [6, 6.07) is 19.0. The van der Waals surface area contributed by atoms with Crippen LogP contribution in [0, 0.1) is 12.7 Å². The summed E-state index contributed by atoms with van der Waals surface area (Å²) in [6.07, 6.45) is 3.20. The molecule has 47 heavy (non-hydrogen) atoms. The van der Waals surface area contributed by atoms with E-state index in [9.17, 15) is 22.4 Å². The summed E-state index contributed by atoms with van der Waals surface area (Å²) in [7, 11) is 1.82. The van der Waals surface area contributed by atoms with Crippen LogP contribution in [0.3, 0.4) is 0 Å². The van der Waals surface area contributed by atoms with Gasteiger partial charge in [-0.2, -0.15) is 23.3 Å². The largest absolute Gasteiger partial charge is 0.416 e. The Hall–Kier alpha value is -4.97. The fraction of sp³-hybridized carbons (Fsp3) is 0.200. The van der Waals surface area contributed by atoms with Gasteiger partial charge in [0.05, 0.1) is 18.3 Å². The van der Waals surface area contributed by atoms with Crippen molar-refractivity contribution in [3.8, 4) is 11.1 Å². The van der Waals surface area contributed by atoms with E-state index in [4.69, 9.17) is 0 Å². The van der Waals surface area contributed by atoms with Gasteiger partial charge in [-0.25, -0.2) is 9.37 Å². The number of halogens is 4. The molecule has 0 spiro atoms. The number of thioether (sulfide) groups is 1. The van der Waals surface area contributed by atoms with Gasteiger partial charge in [-0.1, -0.05) is 60.3 Å². The molecule has 0 fully saturated rings. The van der Waals surface area contributed by atoms with Gasteiger partial charge in [0.15, 0.2) is 5.16 Å². The van der Waals surface area contributed by atoms with E-state index in [1.165, 1.54) is 36.0 Å². The van der Waals surface area contributed by atoms with E-state index in [1.54, 1.807) is 29.2 Å². The number of aromatic nitrogens is 6. The molecule has 240 valence electrons. The number of benzene rings is 3. The monoisotopic (exact) mass is 658 g/mol. The van der Waals surface area contributed by atoms with Gasteiger partial charge in [0.2, 0.25) is 0 Å². The molecule has 6 rings (SSSR count). The van der Waals surface area contributed by atoms with Crippen molar-refractivity contribution in [2.75, 3.05) is 0 Å². The fourth-order valence-electron chi connectivity index (χ4n) is 5.22. The number of nitrogens with zero attached hydrogens (tertiary/aromatic N) is 6. The smallest absolute Gasteiger partial charge is 0.326 e. The van der Waals surface area contributed by atoms with Gasteiger partial charge in [-0.05, 0) is 59.0 Å². The maximum Gasteiger partial charge on any atom is 0.416 e. The van der Waals surface area contributed by atoms with Crippen molar-refractivity contribution in [2.45, 2.75) is 43.5 Å². The predicted octanol–water partition coefficient (Wildman–Crippen LogP) is 7.29. The summed E-state index contributed by atoms with van der Waals surface area (Å²) in [6.45, 7) is 2.83. The lowest BCUT2D eigenvalue weighted by molar-refractivity contribution is -0.137. The van der Waals surface area contributed by atoms with Crippen LogP contribution in [-0.4, -0.2) is 28.9 Å². The first-order chi connectivity index (χ1) is 22.5. The zero-order valence-corrected chi connectivity index (χ0v) is 26.4. The number of imidazole rings is 1. The molecule has 3 aromatic carbocycles. The highest BCUT2D eigenvalue weighted by atomic mass is 32.2. The molecule has 0 unspecified atom stereocenters. The third kappa shape index (κ3) is 7.71. The Morgan fingerprint density at radius 2 is 1.47 bits per heavy atom. The molecule has 0 saturated carbocycles. The molecule has 7 nitrogen and oxygen atoms in total. The number of alkyl halides is 3. The van der Waals surface area contributed by atoms with E-state index in [2.05, 4.69) is 19.6 Å². The van der Waals surface area contributed by atoms with Crippen LogP contribution in [0.25, 0.3) is 11.1 Å². The van der Waals surface area contributed by atoms with Gasteiger partial charge in [0.1, 0.15) is 11.6 Å². The second kappa shape index (κ2) is 13.4. The highest BCUT2D eigenvalue weighted by molar-refractivity contribution is 7.98. The normalized spacial score (nSPS) is 11.7. The molecular weight excluding hydrogens is 628 g/mol. The van der Waals surface area contributed by atoms with Crippen LogP contribution in [-0.2, 0) is 38.5 Å². The van der Waals surface area contributed by atoms with Crippen molar-refractivity contribution in [1.82, 2.24) is 28.9 Å². The van der Waals surface area contributed by atoms with Crippen molar-refractivity contribution in [3.63, 3.8) is 0 Å². The Labute approximate surface area is 272 Å². The zero-order valence-electron chi connectivity index (χ0n) is 25.6. The Bertz CT molecular complexity index is 2050. The van der Waals surface area contributed by atoms with Crippen LogP contribution < -0.4 is 5.56 Å². The van der Waals surface area contributed by atoms with E-state index in [0.29, 0.717) is 41.5 Å². The third-order valence-electron chi connectivity index (χ3n) is 7.75. The first-order valence-electron chi connectivity index (χ1n) is 14.7. The van der Waals surface area contributed by atoms with Crippen molar-refractivity contribution >= 4 is 11.8 Å². The minimum Gasteiger partial charge on any atom is -0.326 e. The van der Waals surface area contributed by atoms with Gasteiger partial charge in [0, 0.05) is 55.6 Å². The minimum atomic E-state index is -4.38. The molecule has 12 heteroatoms. The molecule has 0 N–H and O–H groups in total. The average molecular weight is 659 g/mol. The van der Waals surface area contributed by atoms with Crippen molar-refractivity contribution in [1.29, 1.82) is 0 Å². The third-order valence-corrected chi connectivity index (χ3v) is 8.81. The summed E-state index contributed by atoms with van der Waals surface area (Å²) < 4.78 is 58.1. The summed E-state index contributed by atoms with van der Waals surface area (Å²) in [4.78, 5) is 22.3. The number of aryl methyl sites for hydroxylation is 2. The van der Waals surface area contributed by atoms with E-state index >= 15 is 0 Å². The Kier molecular flexibility index (Phi) is 9.12. The van der Waals surface area contributed by atoms with Gasteiger partial charge in [0.25, 0.3) is 5.56 Å². The van der Waals surface area contributed by atoms with E-state index < -0.39 is 11.7 Å². The van der Waals surface area contributed by atoms with Crippen molar-refractivity contribution in [3.05, 3.63) is 153 Å². The van der Waals surface area contributed by atoms with Crippen LogP contribution in [0.15, 0.2) is 108 Å². The number of rotatable bonds is 10. The molecule has 0 aliphatic rings. The quantitative estimate of drug-likeness (QED) is 0.0879. The highest BCUT2D eigenvalue weighted by Gasteiger charge is 2.30. The average Bonchev–Trinajstić information content (AvgIpc) is 3.62. The molecule has 0 aliphatic carbocycles. The van der Waals surface area contributed by atoms with Gasteiger partial charge in [-0.15, -0.1) is 0 Å². The van der Waals surface area contributed by atoms with Crippen molar-refractivity contribution in [2.24, 2.45) is 7.05 Å². The van der Waals surface area contributed by atoms with Crippen LogP contribution >= 0.6 is 11.8 Å². The predicted molar refractivity (Wildman–Crippen MR) is 173 cm³/mol. The summed E-state index contributed by atoms with van der Waals surface area (Å²) in [5.74, 6) is 0.939. The molecular formula is C35H30F4N6OS. The fourth-order valence-corrected chi connectivity index (χ4v) is 6.14. The molecule has 0 radical (unpaired) electrons. The summed E-state index contributed by atoms with van der Waals surface area (Å²) >= 11 is 1.39. The van der Waals surface area contributed by atoms with Gasteiger partial charge in [-0.3, -0.25) is 9.48 Å². The summed E-state index contributed by atoms with van der Waals surface area (Å²) in [5.41, 5.74) is 4.75. The zero-order chi connectivity index (χ0) is 33.1. The topological polar surface area (TPSA) is 70.5 Å². The molecule has 3 aromatic heterocycles. The Morgan fingerprint density at radius 3 is 2.11 bits per heavy atom. The highest BCUT2D eigenvalue weighted by Crippen LogP contribution is 2.31. The lowest BCUT2D eigenvalue weighted by Crippen LogP contribution is -2.21. The van der Waals surface area contributed by atoms with Gasteiger partial charge < -0.3 is 9.13 Å². The van der Waals surface area contributed by atoms with Gasteiger partial charge >= 0.3 is 6.18 Å². The Balaban J connectivity index is 1.25. The first-order valence-corrected chi connectivity index (χ1v) is 15.7. The Morgan fingerprint density at radius 1 is 0.809 bits per heavy atom. The number of hydrogen-bond donors (Lipinski definition) is 0. The first kappa shape index (κ1) is 32.0. The lowest BCUT2D eigenvalue weighted by atomic mass is 10.0. The van der Waals surface area contributed by atoms with Crippen LogP contribution in [0.2, 0.25) is 0 Å². The van der Waals surface area contributed by atoms with Crippen LogP contribution in [0.1, 0.15) is 39.3 Å². The molecule has 0 aliphatic heterocycles. The lowest BCUT2D eigenvalue weighted by Gasteiger charge is -2.16. The van der Waals surface area contributed by atoms with E-state index in [-0.39, 0.29) is 11.4 Å². The second-order valence-electron chi connectivity index (χ2n) is 11.3.